The lowest BCUT2D eigenvalue weighted by molar-refractivity contribution is -0.143. The summed E-state index contributed by atoms with van der Waals surface area (Å²) in [5, 5.41) is 2.56. The minimum absolute atomic E-state index is 0.00553. The number of rotatable bonds is 10. The summed E-state index contributed by atoms with van der Waals surface area (Å²) in [7, 11) is -0.608. The van der Waals surface area contributed by atoms with Crippen molar-refractivity contribution in [2.75, 3.05) is 20.0 Å². The Kier molecular flexibility index (Phi) is 9.71. The van der Waals surface area contributed by atoms with Gasteiger partial charge in [0, 0.05) is 6.42 Å². The van der Waals surface area contributed by atoms with Gasteiger partial charge in [-0.05, 0) is 69.9 Å². The maximum absolute atomic E-state index is 12.7. The SMILES string of the molecule is COC(=O)[C@H](Cc1ccc(OC)c(CCCS(=O)(=O)c2ccc(C)cc2)c1)NC(=O)OC(C)(C)C. The van der Waals surface area contributed by atoms with E-state index in [1.165, 1.54) is 7.11 Å². The van der Waals surface area contributed by atoms with E-state index in [1.54, 1.807) is 64.3 Å². The van der Waals surface area contributed by atoms with Crippen molar-refractivity contribution in [3.05, 3.63) is 59.2 Å². The van der Waals surface area contributed by atoms with Gasteiger partial charge in [-0.3, -0.25) is 0 Å². The van der Waals surface area contributed by atoms with Gasteiger partial charge in [-0.2, -0.15) is 0 Å². The molecule has 1 amide bonds. The van der Waals surface area contributed by atoms with E-state index in [0.717, 1.165) is 16.7 Å². The molecule has 0 heterocycles. The van der Waals surface area contributed by atoms with Gasteiger partial charge in [0.2, 0.25) is 0 Å². The second-order valence-electron chi connectivity index (χ2n) is 9.31. The molecule has 0 aliphatic heterocycles. The summed E-state index contributed by atoms with van der Waals surface area (Å²) in [6, 6.07) is 11.3. The molecule has 2 aromatic carbocycles. The summed E-state index contributed by atoms with van der Waals surface area (Å²) < 4.78 is 40.9. The van der Waals surface area contributed by atoms with Crippen LogP contribution in [0.2, 0.25) is 0 Å². The number of sulfone groups is 1. The van der Waals surface area contributed by atoms with Crippen LogP contribution in [0.5, 0.6) is 5.75 Å². The Morgan fingerprint density at radius 2 is 1.69 bits per heavy atom. The normalized spacial score (nSPS) is 12.5. The lowest BCUT2D eigenvalue weighted by atomic mass is 10.0. The Hall–Kier alpha value is -3.07. The minimum atomic E-state index is -3.40. The molecule has 0 aromatic heterocycles. The van der Waals surface area contributed by atoms with E-state index < -0.39 is 33.5 Å². The van der Waals surface area contributed by atoms with Crippen molar-refractivity contribution >= 4 is 21.9 Å². The van der Waals surface area contributed by atoms with E-state index in [1.807, 2.05) is 13.0 Å². The molecule has 1 N–H and O–H groups in total. The molecule has 8 nitrogen and oxygen atoms in total. The molecule has 0 aliphatic rings. The van der Waals surface area contributed by atoms with E-state index in [0.29, 0.717) is 23.5 Å². The van der Waals surface area contributed by atoms with Crippen molar-refractivity contribution in [2.45, 2.75) is 63.5 Å². The summed E-state index contributed by atoms with van der Waals surface area (Å²) in [5.41, 5.74) is 1.85. The van der Waals surface area contributed by atoms with Crippen LogP contribution in [0, 0.1) is 6.92 Å². The van der Waals surface area contributed by atoms with Crippen molar-refractivity contribution in [3.63, 3.8) is 0 Å². The van der Waals surface area contributed by atoms with Crippen molar-refractivity contribution in [2.24, 2.45) is 0 Å². The zero-order valence-corrected chi connectivity index (χ0v) is 22.0. The highest BCUT2D eigenvalue weighted by Crippen LogP contribution is 2.23. The molecule has 35 heavy (non-hydrogen) atoms. The van der Waals surface area contributed by atoms with E-state index in [2.05, 4.69) is 5.32 Å². The zero-order valence-electron chi connectivity index (χ0n) is 21.2. The second kappa shape index (κ2) is 12.1. The van der Waals surface area contributed by atoms with Gasteiger partial charge in [0.15, 0.2) is 9.84 Å². The Labute approximate surface area is 207 Å². The molecule has 0 spiro atoms. The van der Waals surface area contributed by atoms with Crippen LogP contribution in [0.25, 0.3) is 0 Å². The summed E-state index contributed by atoms with van der Waals surface area (Å²) >= 11 is 0. The number of alkyl carbamates (subject to hydrolysis) is 1. The highest BCUT2D eigenvalue weighted by Gasteiger charge is 2.25. The number of hydrogen-bond acceptors (Lipinski definition) is 7. The summed E-state index contributed by atoms with van der Waals surface area (Å²) in [4.78, 5) is 24.8. The number of aryl methyl sites for hydroxylation is 2. The molecule has 0 saturated carbocycles. The predicted octanol–water partition coefficient (Wildman–Crippen LogP) is 4.02. The van der Waals surface area contributed by atoms with Crippen LogP contribution in [-0.2, 0) is 36.9 Å². The average Bonchev–Trinajstić information content (AvgIpc) is 2.77. The van der Waals surface area contributed by atoms with Gasteiger partial charge in [0.05, 0.1) is 24.9 Å². The molecule has 0 aliphatic carbocycles. The summed E-state index contributed by atoms with van der Waals surface area (Å²) in [6.45, 7) is 7.10. The molecule has 192 valence electrons. The molecule has 0 unspecified atom stereocenters. The molecule has 0 bridgehead atoms. The standard InChI is InChI=1S/C26H35NO7S/c1-18-9-12-21(13-10-18)35(30,31)15-7-8-20-16-19(11-14-23(20)32-5)17-22(24(28)33-6)27-25(29)34-26(2,3)4/h9-14,16,22H,7-8,15,17H2,1-6H3,(H,27,29)/t22-/m0/s1. The van der Waals surface area contributed by atoms with Gasteiger partial charge in [0.25, 0.3) is 0 Å². The third-order valence-electron chi connectivity index (χ3n) is 5.20. The molecule has 2 aromatic rings. The number of carbonyl (C=O) groups excluding carboxylic acids is 2. The molecule has 0 saturated heterocycles. The first kappa shape index (κ1) is 28.2. The number of ether oxygens (including phenoxy) is 3. The molecule has 0 fully saturated rings. The van der Waals surface area contributed by atoms with Crippen molar-refractivity contribution < 1.29 is 32.2 Å². The van der Waals surface area contributed by atoms with Gasteiger partial charge in [-0.15, -0.1) is 0 Å². The van der Waals surface area contributed by atoms with Crippen LogP contribution in [0.4, 0.5) is 4.79 Å². The van der Waals surface area contributed by atoms with Crippen LogP contribution in [0.3, 0.4) is 0 Å². The average molecular weight is 506 g/mol. The number of esters is 1. The fourth-order valence-corrected chi connectivity index (χ4v) is 4.80. The molecule has 9 heteroatoms. The quantitative estimate of drug-likeness (QED) is 0.486. The third-order valence-corrected chi connectivity index (χ3v) is 7.02. The lowest BCUT2D eigenvalue weighted by Crippen LogP contribution is -2.45. The third kappa shape index (κ3) is 8.90. The van der Waals surface area contributed by atoms with Gasteiger partial charge < -0.3 is 19.5 Å². The molecule has 2 rings (SSSR count). The summed E-state index contributed by atoms with van der Waals surface area (Å²) in [6.07, 6.45) is 0.310. The lowest BCUT2D eigenvalue weighted by Gasteiger charge is -2.23. The van der Waals surface area contributed by atoms with E-state index >= 15 is 0 Å². The Morgan fingerprint density at radius 3 is 2.26 bits per heavy atom. The fourth-order valence-electron chi connectivity index (χ4n) is 3.49. The number of methoxy groups -OCH3 is 2. The van der Waals surface area contributed by atoms with Gasteiger partial charge in [-0.25, -0.2) is 18.0 Å². The number of amides is 1. The predicted molar refractivity (Wildman–Crippen MR) is 133 cm³/mol. The highest BCUT2D eigenvalue weighted by atomic mass is 32.2. The van der Waals surface area contributed by atoms with Crippen molar-refractivity contribution in [1.29, 1.82) is 0 Å². The molecule has 0 radical (unpaired) electrons. The summed E-state index contributed by atoms with van der Waals surface area (Å²) in [5.74, 6) is 0.0163. The monoisotopic (exact) mass is 505 g/mol. The number of benzene rings is 2. The van der Waals surface area contributed by atoms with Crippen LogP contribution in [0.15, 0.2) is 47.4 Å². The smallest absolute Gasteiger partial charge is 0.408 e. The Morgan fingerprint density at radius 1 is 1.03 bits per heavy atom. The second-order valence-corrected chi connectivity index (χ2v) is 11.4. The van der Waals surface area contributed by atoms with Crippen molar-refractivity contribution in [1.82, 2.24) is 5.32 Å². The molecular weight excluding hydrogens is 470 g/mol. The fraction of sp³-hybridized carbons (Fsp3) is 0.462. The number of hydrogen-bond donors (Lipinski definition) is 1. The van der Waals surface area contributed by atoms with Crippen LogP contribution in [-0.4, -0.2) is 52.1 Å². The maximum atomic E-state index is 12.7. The van der Waals surface area contributed by atoms with Crippen LogP contribution >= 0.6 is 0 Å². The highest BCUT2D eigenvalue weighted by molar-refractivity contribution is 7.91. The van der Waals surface area contributed by atoms with E-state index in [4.69, 9.17) is 14.2 Å². The zero-order chi connectivity index (χ0) is 26.2. The first-order chi connectivity index (χ1) is 16.3. The molecule has 1 atom stereocenters. The van der Waals surface area contributed by atoms with Gasteiger partial charge in [0.1, 0.15) is 17.4 Å². The van der Waals surface area contributed by atoms with Crippen molar-refractivity contribution in [3.8, 4) is 5.75 Å². The first-order valence-corrected chi connectivity index (χ1v) is 13.0. The largest absolute Gasteiger partial charge is 0.496 e. The van der Waals surface area contributed by atoms with Crippen LogP contribution in [0.1, 0.15) is 43.9 Å². The number of carbonyl (C=O) groups is 2. The Bertz CT molecular complexity index is 1120. The van der Waals surface area contributed by atoms with E-state index in [-0.39, 0.29) is 12.2 Å². The van der Waals surface area contributed by atoms with Gasteiger partial charge >= 0.3 is 12.1 Å². The number of nitrogens with one attached hydrogen (secondary N) is 1. The maximum Gasteiger partial charge on any atom is 0.408 e. The molecular formula is C26H35NO7S. The van der Waals surface area contributed by atoms with Gasteiger partial charge in [-0.1, -0.05) is 29.8 Å². The minimum Gasteiger partial charge on any atom is -0.496 e. The first-order valence-electron chi connectivity index (χ1n) is 11.4. The topological polar surface area (TPSA) is 108 Å². The Balaban J connectivity index is 2.13. The van der Waals surface area contributed by atoms with Crippen LogP contribution < -0.4 is 10.1 Å². The van der Waals surface area contributed by atoms with E-state index in [9.17, 15) is 18.0 Å².